The summed E-state index contributed by atoms with van der Waals surface area (Å²) in [6.45, 7) is 0.870. The lowest BCUT2D eigenvalue weighted by molar-refractivity contribution is -0.120. The summed E-state index contributed by atoms with van der Waals surface area (Å²) in [5.41, 5.74) is 0.970. The third kappa shape index (κ3) is 3.80. The summed E-state index contributed by atoms with van der Waals surface area (Å²) in [5, 5.41) is 2.89. The van der Waals surface area contributed by atoms with E-state index in [1.54, 1.807) is 0 Å². The Kier molecular flexibility index (Phi) is 4.63. The van der Waals surface area contributed by atoms with Crippen LogP contribution in [0, 0.1) is 0 Å². The van der Waals surface area contributed by atoms with Crippen LogP contribution < -0.4 is 14.8 Å². The molecule has 2 aromatic carbocycles. The van der Waals surface area contributed by atoms with Crippen molar-refractivity contribution in [1.29, 1.82) is 0 Å². The number of benzene rings is 2. The number of ether oxygens (including phenoxy) is 2. The van der Waals surface area contributed by atoms with Crippen LogP contribution in [0.4, 0.5) is 0 Å². The van der Waals surface area contributed by atoms with E-state index in [0.29, 0.717) is 19.6 Å². The lowest BCUT2D eigenvalue weighted by atomic mass is 10.1. The Morgan fingerprint density at radius 3 is 2.82 bits per heavy atom. The maximum atomic E-state index is 12.0. The maximum Gasteiger partial charge on any atom is 0.224 e. The molecule has 0 aliphatic carbocycles. The molecular formula is C17H16BrNO3. The first-order valence-corrected chi connectivity index (χ1v) is 7.89. The van der Waals surface area contributed by atoms with Crippen molar-refractivity contribution in [3.05, 3.63) is 58.6 Å². The molecule has 0 radical (unpaired) electrons. The van der Waals surface area contributed by atoms with Gasteiger partial charge in [0.05, 0.1) is 13.0 Å². The van der Waals surface area contributed by atoms with E-state index in [0.717, 1.165) is 21.5 Å². The molecule has 22 heavy (non-hydrogen) atoms. The molecule has 0 aromatic heterocycles. The van der Waals surface area contributed by atoms with Crippen molar-refractivity contribution in [2.45, 2.75) is 12.5 Å². The summed E-state index contributed by atoms with van der Waals surface area (Å²) in [7, 11) is 0. The van der Waals surface area contributed by atoms with Crippen LogP contribution in [0.3, 0.4) is 0 Å². The molecule has 0 fully saturated rings. The van der Waals surface area contributed by atoms with Crippen LogP contribution >= 0.6 is 15.9 Å². The molecule has 1 amide bonds. The lowest BCUT2D eigenvalue weighted by Crippen LogP contribution is -2.41. The van der Waals surface area contributed by atoms with E-state index in [9.17, 15) is 4.79 Å². The lowest BCUT2D eigenvalue weighted by Gasteiger charge is -2.26. The van der Waals surface area contributed by atoms with Gasteiger partial charge in [-0.05, 0) is 29.8 Å². The van der Waals surface area contributed by atoms with Crippen LogP contribution in [-0.4, -0.2) is 25.2 Å². The van der Waals surface area contributed by atoms with Gasteiger partial charge in [0.1, 0.15) is 12.7 Å². The fourth-order valence-corrected chi connectivity index (χ4v) is 2.73. The van der Waals surface area contributed by atoms with Gasteiger partial charge in [0.15, 0.2) is 11.5 Å². The molecule has 5 heteroatoms. The van der Waals surface area contributed by atoms with E-state index in [-0.39, 0.29) is 12.0 Å². The van der Waals surface area contributed by atoms with Gasteiger partial charge in [0, 0.05) is 4.47 Å². The average molecular weight is 362 g/mol. The molecule has 1 aliphatic heterocycles. The second-order valence-corrected chi connectivity index (χ2v) is 6.02. The molecule has 0 saturated heterocycles. The minimum Gasteiger partial charge on any atom is -0.486 e. The normalized spacial score (nSPS) is 16.1. The fourth-order valence-electron chi connectivity index (χ4n) is 2.29. The number of carbonyl (C=O) groups is 1. The molecule has 114 valence electrons. The minimum absolute atomic E-state index is 0.0273. The van der Waals surface area contributed by atoms with E-state index in [4.69, 9.17) is 9.47 Å². The molecule has 2 aromatic rings. The third-order valence-electron chi connectivity index (χ3n) is 3.35. The van der Waals surface area contributed by atoms with Crippen molar-refractivity contribution >= 4 is 21.8 Å². The zero-order valence-corrected chi connectivity index (χ0v) is 13.5. The first-order chi connectivity index (χ1) is 10.7. The highest BCUT2D eigenvalue weighted by molar-refractivity contribution is 9.10. The molecular weight excluding hydrogens is 346 g/mol. The summed E-state index contributed by atoms with van der Waals surface area (Å²) in [6.07, 6.45) is 0.185. The van der Waals surface area contributed by atoms with Gasteiger partial charge >= 0.3 is 0 Å². The summed E-state index contributed by atoms with van der Waals surface area (Å²) < 4.78 is 12.4. The van der Waals surface area contributed by atoms with Crippen molar-refractivity contribution in [2.75, 3.05) is 13.2 Å². The van der Waals surface area contributed by atoms with Crippen LogP contribution in [0.2, 0.25) is 0 Å². The average Bonchev–Trinajstić information content (AvgIpc) is 2.53. The second kappa shape index (κ2) is 6.83. The number of halogens is 1. The summed E-state index contributed by atoms with van der Waals surface area (Å²) in [5.74, 6) is 1.44. The highest BCUT2D eigenvalue weighted by Crippen LogP contribution is 2.30. The number of hydrogen-bond acceptors (Lipinski definition) is 3. The largest absolute Gasteiger partial charge is 0.486 e. The first-order valence-electron chi connectivity index (χ1n) is 7.10. The number of fused-ring (bicyclic) bond motifs is 1. The van der Waals surface area contributed by atoms with Crippen LogP contribution in [0.25, 0.3) is 0 Å². The van der Waals surface area contributed by atoms with Crippen molar-refractivity contribution in [3.8, 4) is 11.5 Å². The number of nitrogens with one attached hydrogen (secondary N) is 1. The SMILES string of the molecule is O=C(Cc1cccc(Br)c1)NC[C@@H]1COc2ccccc2O1. The fraction of sp³-hybridized carbons (Fsp3) is 0.235. The molecule has 4 nitrogen and oxygen atoms in total. The zero-order valence-electron chi connectivity index (χ0n) is 11.9. The van der Waals surface area contributed by atoms with Crippen LogP contribution in [0.15, 0.2) is 53.0 Å². The maximum absolute atomic E-state index is 12.0. The van der Waals surface area contributed by atoms with Gasteiger partial charge < -0.3 is 14.8 Å². The van der Waals surface area contributed by atoms with Crippen LogP contribution in [0.5, 0.6) is 11.5 Å². The molecule has 0 bridgehead atoms. The molecule has 0 unspecified atom stereocenters. The highest BCUT2D eigenvalue weighted by Gasteiger charge is 2.20. The smallest absolute Gasteiger partial charge is 0.224 e. The molecule has 1 heterocycles. The summed E-state index contributed by atoms with van der Waals surface area (Å²) >= 11 is 3.40. The monoisotopic (exact) mass is 361 g/mol. The number of amides is 1. The van der Waals surface area contributed by atoms with Crippen molar-refractivity contribution < 1.29 is 14.3 Å². The quantitative estimate of drug-likeness (QED) is 0.910. The van der Waals surface area contributed by atoms with E-state index in [1.807, 2.05) is 48.5 Å². The highest BCUT2D eigenvalue weighted by atomic mass is 79.9. The first kappa shape index (κ1) is 14.9. The van der Waals surface area contributed by atoms with Gasteiger partial charge in [-0.1, -0.05) is 40.2 Å². The third-order valence-corrected chi connectivity index (χ3v) is 3.84. The van der Waals surface area contributed by atoms with E-state index < -0.39 is 0 Å². The van der Waals surface area contributed by atoms with Crippen LogP contribution in [-0.2, 0) is 11.2 Å². The topological polar surface area (TPSA) is 47.6 Å². The van der Waals surface area contributed by atoms with Crippen LogP contribution in [0.1, 0.15) is 5.56 Å². The van der Waals surface area contributed by atoms with Gasteiger partial charge in [-0.25, -0.2) is 0 Å². The summed E-state index contributed by atoms with van der Waals surface area (Å²) in [6, 6.07) is 15.3. The Bertz CT molecular complexity index is 674. The molecule has 1 N–H and O–H groups in total. The van der Waals surface area contributed by atoms with Gasteiger partial charge in [0.2, 0.25) is 5.91 Å². The Morgan fingerprint density at radius 2 is 2.00 bits per heavy atom. The van der Waals surface area contributed by atoms with Gasteiger partial charge in [-0.2, -0.15) is 0 Å². The number of carbonyl (C=O) groups excluding carboxylic acids is 1. The van der Waals surface area contributed by atoms with E-state index >= 15 is 0 Å². The van der Waals surface area contributed by atoms with Crippen molar-refractivity contribution in [2.24, 2.45) is 0 Å². The summed E-state index contributed by atoms with van der Waals surface area (Å²) in [4.78, 5) is 12.0. The zero-order chi connectivity index (χ0) is 15.4. The predicted molar refractivity (Wildman–Crippen MR) is 87.2 cm³/mol. The molecule has 1 atom stereocenters. The molecule has 3 rings (SSSR count). The number of rotatable bonds is 4. The van der Waals surface area contributed by atoms with Gasteiger partial charge in [-0.15, -0.1) is 0 Å². The van der Waals surface area contributed by atoms with Gasteiger partial charge in [0.25, 0.3) is 0 Å². The molecule has 0 saturated carbocycles. The van der Waals surface area contributed by atoms with Crippen molar-refractivity contribution in [3.63, 3.8) is 0 Å². The standard InChI is InChI=1S/C17H16BrNO3/c18-13-5-3-4-12(8-13)9-17(20)19-10-14-11-21-15-6-1-2-7-16(15)22-14/h1-8,14H,9-11H2,(H,19,20)/t14-/m1/s1. The minimum atomic E-state index is -0.165. The molecule has 1 aliphatic rings. The Balaban J connectivity index is 1.50. The van der Waals surface area contributed by atoms with E-state index in [1.165, 1.54) is 0 Å². The van der Waals surface area contributed by atoms with Gasteiger partial charge in [-0.3, -0.25) is 4.79 Å². The number of para-hydroxylation sites is 2. The van der Waals surface area contributed by atoms with E-state index in [2.05, 4.69) is 21.2 Å². The predicted octanol–water partition coefficient (Wildman–Crippen LogP) is 2.95. The second-order valence-electron chi connectivity index (χ2n) is 5.11. The van der Waals surface area contributed by atoms with Crippen molar-refractivity contribution in [1.82, 2.24) is 5.32 Å². The Morgan fingerprint density at radius 1 is 1.18 bits per heavy atom. The Hall–Kier alpha value is -2.01. The Labute approximate surface area is 137 Å². The number of hydrogen-bond donors (Lipinski definition) is 1. The molecule has 0 spiro atoms.